The molecule has 0 aromatic heterocycles. The van der Waals surface area contributed by atoms with Crippen molar-refractivity contribution in [3.63, 3.8) is 0 Å². The van der Waals surface area contributed by atoms with Gasteiger partial charge < -0.3 is 0 Å². The van der Waals surface area contributed by atoms with E-state index in [9.17, 15) is 8.42 Å². The van der Waals surface area contributed by atoms with E-state index in [4.69, 9.17) is 4.18 Å². The Morgan fingerprint density at radius 1 is 0.708 bits per heavy atom. The van der Waals surface area contributed by atoms with Crippen molar-refractivity contribution in [1.29, 1.82) is 0 Å². The second kappa shape index (κ2) is 20.6. The zero-order valence-electron chi connectivity index (χ0n) is 15.1. The number of thiol groups is 1. The van der Waals surface area contributed by atoms with E-state index in [0.29, 0.717) is 12.4 Å². The summed E-state index contributed by atoms with van der Waals surface area (Å²) in [5.41, 5.74) is 0. The Kier molecular flexibility index (Phi) is 23.6. The van der Waals surface area contributed by atoms with Crippen LogP contribution in [0.15, 0.2) is 0 Å². The third-order valence-corrected chi connectivity index (χ3v) is 5.86. The molecule has 0 spiro atoms. The van der Waals surface area contributed by atoms with Gasteiger partial charge in [0, 0.05) is 5.75 Å². The zero-order chi connectivity index (χ0) is 17.2. The normalized spacial score (nSPS) is 11.4. The second-order valence-electron chi connectivity index (χ2n) is 6.40. The van der Waals surface area contributed by atoms with Crippen molar-refractivity contribution >= 4 is 52.3 Å². The molecule has 0 aromatic rings. The molecule has 0 aromatic carbocycles. The van der Waals surface area contributed by atoms with E-state index in [0.717, 1.165) is 12.8 Å². The van der Waals surface area contributed by atoms with Crippen molar-refractivity contribution in [3.8, 4) is 0 Å². The van der Waals surface area contributed by atoms with Crippen molar-refractivity contribution < 1.29 is 12.6 Å². The molecule has 0 aliphatic heterocycles. The third kappa shape index (κ3) is 21.3. The Balaban J connectivity index is 0. The molecule has 0 heterocycles. The fourth-order valence-electron chi connectivity index (χ4n) is 2.65. The molecule has 0 saturated heterocycles. The van der Waals surface area contributed by atoms with Crippen molar-refractivity contribution in [1.82, 2.24) is 0 Å². The summed E-state index contributed by atoms with van der Waals surface area (Å²) in [5.74, 6) is 0.329. The van der Waals surface area contributed by atoms with Crippen LogP contribution < -0.4 is 0 Å². The monoisotopic (exact) mass is 390 g/mol. The van der Waals surface area contributed by atoms with Crippen molar-refractivity contribution in [2.75, 3.05) is 18.1 Å². The Morgan fingerprint density at radius 2 is 1.08 bits per heavy atom. The maximum absolute atomic E-state index is 11.3. The quantitative estimate of drug-likeness (QED) is 0.153. The molecular weight excluding hydrogens is 351 g/mol. The molecule has 142 valence electrons. The molecule has 24 heavy (non-hydrogen) atoms. The zero-order valence-corrected chi connectivity index (χ0v) is 16.8. The Bertz CT molecular complexity index is 335. The first-order chi connectivity index (χ1) is 11.1. The van der Waals surface area contributed by atoms with Crippen LogP contribution in [-0.2, 0) is 14.3 Å². The fourth-order valence-corrected chi connectivity index (χ4v) is 4.04. The first kappa shape index (κ1) is 27.5. The number of hydrogen-bond acceptors (Lipinski definition) is 4. The first-order valence-corrected chi connectivity index (χ1v) is 11.8. The predicted molar refractivity (Wildman–Crippen MR) is 111 cm³/mol. The molecule has 6 heteroatoms. The summed E-state index contributed by atoms with van der Waals surface area (Å²) in [6, 6.07) is 0. The van der Waals surface area contributed by atoms with E-state index >= 15 is 0 Å². The van der Waals surface area contributed by atoms with E-state index in [1.807, 2.05) is 0 Å². The van der Waals surface area contributed by atoms with Crippen LogP contribution in [0.4, 0.5) is 0 Å². The van der Waals surface area contributed by atoms with Gasteiger partial charge in [-0.1, -0.05) is 90.4 Å². The number of hydrogen-bond donors (Lipinski definition) is 1. The molecule has 0 saturated carbocycles. The molecule has 0 fully saturated rings. The Labute approximate surface area is 178 Å². The fraction of sp³-hybridized carbons (Fsp3) is 1.00. The van der Waals surface area contributed by atoms with Crippen LogP contribution in [0.2, 0.25) is 0 Å². The minimum absolute atomic E-state index is 0. The molecule has 0 amide bonds. The van der Waals surface area contributed by atoms with Gasteiger partial charge in [-0.3, -0.25) is 4.18 Å². The van der Waals surface area contributed by atoms with Gasteiger partial charge in [0.25, 0.3) is 10.1 Å². The molecule has 0 aliphatic carbocycles. The summed E-state index contributed by atoms with van der Waals surface area (Å²) >= 11 is 3.91. The standard InChI is InChI=1S/C18H38O3S2.Na.H/c1-2-3-4-5-6-7-8-9-10-11-12-13-14-15-16-21-23(19,20)18-17-22;;/h22H,2-18H2,1H3;;. The van der Waals surface area contributed by atoms with Gasteiger partial charge in [0.1, 0.15) is 0 Å². The summed E-state index contributed by atoms with van der Waals surface area (Å²) in [4.78, 5) is 0. The summed E-state index contributed by atoms with van der Waals surface area (Å²) in [5, 5.41) is 0. The van der Waals surface area contributed by atoms with E-state index in [1.165, 1.54) is 77.0 Å². The SMILES string of the molecule is CCCCCCCCCCCCCCCCOS(=O)(=O)CCS.[NaH]. The van der Waals surface area contributed by atoms with Crippen molar-refractivity contribution in [2.45, 2.75) is 96.8 Å². The van der Waals surface area contributed by atoms with Crippen LogP contribution in [0.3, 0.4) is 0 Å². The van der Waals surface area contributed by atoms with Crippen LogP contribution in [0.5, 0.6) is 0 Å². The molecule has 3 nitrogen and oxygen atoms in total. The topological polar surface area (TPSA) is 43.4 Å². The summed E-state index contributed by atoms with van der Waals surface area (Å²) in [6.07, 6.45) is 18.2. The molecular formula is C18H39NaO3S2. The van der Waals surface area contributed by atoms with Crippen LogP contribution >= 0.6 is 12.6 Å². The molecule has 0 N–H and O–H groups in total. The molecule has 0 unspecified atom stereocenters. The van der Waals surface area contributed by atoms with Gasteiger partial charge in [-0.25, -0.2) is 0 Å². The van der Waals surface area contributed by atoms with Gasteiger partial charge in [0.2, 0.25) is 0 Å². The summed E-state index contributed by atoms with van der Waals surface area (Å²) in [7, 11) is -3.33. The minimum atomic E-state index is -3.33. The summed E-state index contributed by atoms with van der Waals surface area (Å²) in [6.45, 7) is 2.59. The van der Waals surface area contributed by atoms with Crippen molar-refractivity contribution in [2.24, 2.45) is 0 Å². The van der Waals surface area contributed by atoms with E-state index in [-0.39, 0.29) is 35.3 Å². The molecule has 0 aliphatic rings. The Hall–Kier alpha value is 1.26. The van der Waals surface area contributed by atoms with Gasteiger partial charge in [0.05, 0.1) is 12.4 Å². The average molecular weight is 391 g/mol. The van der Waals surface area contributed by atoms with E-state index in [2.05, 4.69) is 19.6 Å². The van der Waals surface area contributed by atoms with Gasteiger partial charge in [-0.05, 0) is 6.42 Å². The molecule has 0 radical (unpaired) electrons. The molecule has 0 bridgehead atoms. The van der Waals surface area contributed by atoms with Crippen LogP contribution in [-0.4, -0.2) is 56.1 Å². The van der Waals surface area contributed by atoms with Crippen LogP contribution in [0, 0.1) is 0 Å². The van der Waals surface area contributed by atoms with Crippen molar-refractivity contribution in [3.05, 3.63) is 0 Å². The van der Waals surface area contributed by atoms with Crippen LogP contribution in [0.1, 0.15) is 96.8 Å². The number of rotatable bonds is 18. The van der Waals surface area contributed by atoms with Gasteiger partial charge >= 0.3 is 29.6 Å². The maximum atomic E-state index is 11.3. The second-order valence-corrected chi connectivity index (χ2v) is 8.61. The molecule has 0 rings (SSSR count). The first-order valence-electron chi connectivity index (χ1n) is 9.60. The van der Waals surface area contributed by atoms with E-state index in [1.54, 1.807) is 0 Å². The predicted octanol–water partition coefficient (Wildman–Crippen LogP) is 5.10. The molecule has 0 atom stereocenters. The summed E-state index contributed by atoms with van der Waals surface area (Å²) < 4.78 is 27.5. The third-order valence-electron chi connectivity index (χ3n) is 4.10. The average Bonchev–Trinajstić information content (AvgIpc) is 2.51. The number of unbranched alkanes of at least 4 members (excludes halogenated alkanes) is 13. The van der Waals surface area contributed by atoms with Gasteiger partial charge in [-0.15, -0.1) is 0 Å². The van der Waals surface area contributed by atoms with Gasteiger partial charge in [0.15, 0.2) is 0 Å². The van der Waals surface area contributed by atoms with Gasteiger partial charge in [-0.2, -0.15) is 21.0 Å². The van der Waals surface area contributed by atoms with Crippen LogP contribution in [0.25, 0.3) is 0 Å². The Morgan fingerprint density at radius 3 is 1.46 bits per heavy atom. The van der Waals surface area contributed by atoms with E-state index < -0.39 is 10.1 Å².